The molecule has 0 aliphatic rings. The van der Waals surface area contributed by atoms with E-state index in [1.54, 1.807) is 29.1 Å². The van der Waals surface area contributed by atoms with E-state index in [2.05, 4.69) is 4.98 Å². The lowest BCUT2D eigenvalue weighted by atomic mass is 10.3. The molecule has 0 aliphatic carbocycles. The zero-order chi connectivity index (χ0) is 15.2. The number of nitro benzene ring substituents is 1. The van der Waals surface area contributed by atoms with E-state index in [-0.39, 0.29) is 5.69 Å². The molecule has 0 saturated carbocycles. The Morgan fingerprint density at radius 2 is 1.86 bits per heavy atom. The molecule has 1 aromatic heterocycles. The predicted octanol–water partition coefficient (Wildman–Crippen LogP) is 2.85. The first-order valence-corrected chi connectivity index (χ1v) is 6.68. The maximum absolute atomic E-state index is 10.7. The molecular formula is C14H17N3O4. The lowest BCUT2D eigenvalue weighted by molar-refractivity contribution is -0.384. The van der Waals surface area contributed by atoms with Crippen LogP contribution in [0.2, 0.25) is 0 Å². The number of hydrogen-bond donors (Lipinski definition) is 0. The largest absolute Gasteiger partial charge is 0.346 e. The average molecular weight is 291 g/mol. The molecule has 0 spiro atoms. The van der Waals surface area contributed by atoms with Crippen LogP contribution in [-0.2, 0) is 9.47 Å². The van der Waals surface area contributed by atoms with Crippen LogP contribution < -0.4 is 0 Å². The van der Waals surface area contributed by atoms with Gasteiger partial charge in [-0.05, 0) is 26.0 Å². The third-order valence-corrected chi connectivity index (χ3v) is 2.85. The van der Waals surface area contributed by atoms with E-state index in [9.17, 15) is 10.1 Å². The summed E-state index contributed by atoms with van der Waals surface area (Å²) in [5.74, 6) is 0.604. The highest BCUT2D eigenvalue weighted by molar-refractivity contribution is 5.41. The number of non-ortho nitro benzene ring substituents is 1. The standard InChI is InChI=1S/C14H17N3O4/c1-3-20-14(21-4-2)13-15-9-10-16(13)11-5-7-12(8-6-11)17(18)19/h5-10,14H,3-4H2,1-2H3. The Morgan fingerprint density at radius 3 is 2.38 bits per heavy atom. The van der Waals surface area contributed by atoms with Crippen LogP contribution in [0.4, 0.5) is 5.69 Å². The minimum absolute atomic E-state index is 0.0478. The first-order chi connectivity index (χ1) is 10.2. The Labute approximate surface area is 122 Å². The SMILES string of the molecule is CCOC(OCC)c1nccn1-c1ccc([N+](=O)[O-])cc1. The summed E-state index contributed by atoms with van der Waals surface area (Å²) in [5, 5.41) is 10.7. The number of hydrogen-bond acceptors (Lipinski definition) is 5. The van der Waals surface area contributed by atoms with Crippen molar-refractivity contribution in [1.82, 2.24) is 9.55 Å². The molecule has 1 heterocycles. The van der Waals surface area contributed by atoms with E-state index in [0.717, 1.165) is 5.69 Å². The number of nitro groups is 1. The zero-order valence-corrected chi connectivity index (χ0v) is 11.9. The van der Waals surface area contributed by atoms with E-state index in [1.807, 2.05) is 13.8 Å². The molecule has 0 bridgehead atoms. The minimum atomic E-state index is -0.565. The Hall–Kier alpha value is -2.25. The van der Waals surface area contributed by atoms with Crippen molar-refractivity contribution >= 4 is 5.69 Å². The summed E-state index contributed by atoms with van der Waals surface area (Å²) in [6.45, 7) is 4.76. The third-order valence-electron chi connectivity index (χ3n) is 2.85. The van der Waals surface area contributed by atoms with Gasteiger partial charge in [0, 0.05) is 43.4 Å². The van der Waals surface area contributed by atoms with Gasteiger partial charge in [-0.25, -0.2) is 4.98 Å². The molecule has 0 aliphatic heterocycles. The topological polar surface area (TPSA) is 79.4 Å². The summed E-state index contributed by atoms with van der Waals surface area (Å²) in [6, 6.07) is 6.24. The zero-order valence-electron chi connectivity index (χ0n) is 11.9. The molecule has 0 fully saturated rings. The van der Waals surface area contributed by atoms with Crippen LogP contribution in [0.25, 0.3) is 5.69 Å². The summed E-state index contributed by atoms with van der Waals surface area (Å²) >= 11 is 0. The Morgan fingerprint density at radius 1 is 1.24 bits per heavy atom. The van der Waals surface area contributed by atoms with Crippen molar-refractivity contribution < 1.29 is 14.4 Å². The van der Waals surface area contributed by atoms with E-state index in [1.165, 1.54) is 12.1 Å². The molecule has 2 aromatic rings. The molecular weight excluding hydrogens is 274 g/mol. The molecule has 0 amide bonds. The molecule has 7 heteroatoms. The molecule has 112 valence electrons. The van der Waals surface area contributed by atoms with E-state index < -0.39 is 11.2 Å². The van der Waals surface area contributed by atoms with Crippen LogP contribution in [-0.4, -0.2) is 27.7 Å². The van der Waals surface area contributed by atoms with Crippen molar-refractivity contribution in [2.45, 2.75) is 20.1 Å². The molecule has 0 saturated heterocycles. The fraction of sp³-hybridized carbons (Fsp3) is 0.357. The highest BCUT2D eigenvalue weighted by atomic mass is 16.7. The molecule has 21 heavy (non-hydrogen) atoms. The summed E-state index contributed by atoms with van der Waals surface area (Å²) in [6.07, 6.45) is 2.84. The summed E-state index contributed by atoms with van der Waals surface area (Å²) in [5.41, 5.74) is 0.809. The van der Waals surface area contributed by atoms with Gasteiger partial charge in [-0.15, -0.1) is 0 Å². The maximum atomic E-state index is 10.7. The van der Waals surface area contributed by atoms with Crippen LogP contribution in [0.3, 0.4) is 0 Å². The molecule has 0 N–H and O–H groups in total. The van der Waals surface area contributed by atoms with Crippen LogP contribution in [0, 0.1) is 10.1 Å². The molecule has 0 radical (unpaired) electrons. The van der Waals surface area contributed by atoms with Gasteiger partial charge in [0.2, 0.25) is 6.29 Å². The molecule has 1 aromatic carbocycles. The van der Waals surface area contributed by atoms with Crippen molar-refractivity contribution in [3.8, 4) is 5.69 Å². The summed E-state index contributed by atoms with van der Waals surface area (Å²) < 4.78 is 12.9. The number of nitrogens with zero attached hydrogens (tertiary/aromatic N) is 3. The lowest BCUT2D eigenvalue weighted by Crippen LogP contribution is -2.14. The summed E-state index contributed by atoms with van der Waals surface area (Å²) in [7, 11) is 0. The lowest BCUT2D eigenvalue weighted by Gasteiger charge is -2.18. The van der Waals surface area contributed by atoms with Crippen LogP contribution >= 0.6 is 0 Å². The number of imidazole rings is 1. The monoisotopic (exact) mass is 291 g/mol. The van der Waals surface area contributed by atoms with Crippen molar-refractivity contribution in [3.05, 3.63) is 52.6 Å². The van der Waals surface area contributed by atoms with Crippen molar-refractivity contribution in [1.29, 1.82) is 0 Å². The highest BCUT2D eigenvalue weighted by Gasteiger charge is 2.18. The summed E-state index contributed by atoms with van der Waals surface area (Å²) in [4.78, 5) is 14.5. The highest BCUT2D eigenvalue weighted by Crippen LogP contribution is 2.22. The van der Waals surface area contributed by atoms with Crippen LogP contribution in [0.5, 0.6) is 0 Å². The van der Waals surface area contributed by atoms with Gasteiger partial charge in [0.05, 0.1) is 4.92 Å². The van der Waals surface area contributed by atoms with Crippen LogP contribution in [0.15, 0.2) is 36.7 Å². The smallest absolute Gasteiger partial charge is 0.269 e. The van der Waals surface area contributed by atoms with Gasteiger partial charge in [0.15, 0.2) is 5.82 Å². The Bertz CT molecular complexity index is 589. The van der Waals surface area contributed by atoms with E-state index >= 15 is 0 Å². The predicted molar refractivity (Wildman–Crippen MR) is 76.2 cm³/mol. The Balaban J connectivity index is 2.32. The van der Waals surface area contributed by atoms with Crippen molar-refractivity contribution in [2.24, 2.45) is 0 Å². The normalized spacial score (nSPS) is 11.0. The van der Waals surface area contributed by atoms with Gasteiger partial charge < -0.3 is 9.47 Å². The Kier molecular flexibility index (Phi) is 5.02. The van der Waals surface area contributed by atoms with E-state index in [4.69, 9.17) is 9.47 Å². The first kappa shape index (κ1) is 15.1. The minimum Gasteiger partial charge on any atom is -0.346 e. The number of rotatable bonds is 7. The van der Waals surface area contributed by atoms with E-state index in [0.29, 0.717) is 19.0 Å². The van der Waals surface area contributed by atoms with Gasteiger partial charge in [-0.3, -0.25) is 14.7 Å². The van der Waals surface area contributed by atoms with Gasteiger partial charge in [-0.2, -0.15) is 0 Å². The number of aromatic nitrogens is 2. The van der Waals surface area contributed by atoms with Gasteiger partial charge in [0.25, 0.3) is 5.69 Å². The average Bonchev–Trinajstić information content (AvgIpc) is 2.96. The second kappa shape index (κ2) is 6.96. The third kappa shape index (κ3) is 3.45. The van der Waals surface area contributed by atoms with Gasteiger partial charge in [0.1, 0.15) is 0 Å². The number of benzene rings is 1. The van der Waals surface area contributed by atoms with Crippen molar-refractivity contribution in [2.75, 3.05) is 13.2 Å². The van der Waals surface area contributed by atoms with Gasteiger partial charge in [-0.1, -0.05) is 0 Å². The first-order valence-electron chi connectivity index (χ1n) is 6.68. The van der Waals surface area contributed by atoms with Crippen molar-refractivity contribution in [3.63, 3.8) is 0 Å². The fourth-order valence-corrected chi connectivity index (χ4v) is 1.94. The second-order valence-corrected chi connectivity index (χ2v) is 4.17. The van der Waals surface area contributed by atoms with Gasteiger partial charge >= 0.3 is 0 Å². The maximum Gasteiger partial charge on any atom is 0.269 e. The second-order valence-electron chi connectivity index (χ2n) is 4.17. The molecule has 2 rings (SSSR count). The molecule has 0 unspecified atom stereocenters. The van der Waals surface area contributed by atoms with Crippen LogP contribution in [0.1, 0.15) is 26.0 Å². The molecule has 7 nitrogen and oxygen atoms in total. The quantitative estimate of drug-likeness (QED) is 0.445. The fourth-order valence-electron chi connectivity index (χ4n) is 1.94. The molecule has 0 atom stereocenters. The number of ether oxygens (including phenoxy) is 2.